The summed E-state index contributed by atoms with van der Waals surface area (Å²) in [6.07, 6.45) is 4.87. The van der Waals surface area contributed by atoms with Gasteiger partial charge in [-0.3, -0.25) is 4.79 Å². The van der Waals surface area contributed by atoms with Gasteiger partial charge in [-0.15, -0.1) is 0 Å². The summed E-state index contributed by atoms with van der Waals surface area (Å²) in [6.45, 7) is 1.45. The van der Waals surface area contributed by atoms with Crippen LogP contribution in [0, 0.1) is 0 Å². The van der Waals surface area contributed by atoms with Crippen LogP contribution >= 0.6 is 11.6 Å². The second-order valence-corrected chi connectivity index (χ2v) is 8.46. The van der Waals surface area contributed by atoms with Gasteiger partial charge >= 0.3 is 0 Å². The van der Waals surface area contributed by atoms with Crippen LogP contribution in [0.15, 0.2) is 18.5 Å². The highest BCUT2D eigenvalue weighted by molar-refractivity contribution is 7.91. The molecule has 6 nitrogen and oxygen atoms in total. The topological polar surface area (TPSA) is 86.2 Å². The van der Waals surface area contributed by atoms with Crippen LogP contribution in [0.5, 0.6) is 5.88 Å². The first-order valence-corrected chi connectivity index (χ1v) is 9.39. The standard InChI is InChI=1S/C15H15ClN2O4S/c1-8(19)12-6-18-15(13-7-17-14(16)5-11(12)13)22-9-3-10(4-9)23(2,20)21/h5-7,9-10H,3-4H2,1-2H3. The van der Waals surface area contributed by atoms with Crippen molar-refractivity contribution in [3.63, 3.8) is 0 Å². The predicted octanol–water partition coefficient (Wildman–Crippen LogP) is 2.44. The Morgan fingerprint density at radius 2 is 1.96 bits per heavy atom. The van der Waals surface area contributed by atoms with Gasteiger partial charge in [0.25, 0.3) is 0 Å². The highest BCUT2D eigenvalue weighted by atomic mass is 35.5. The molecule has 1 fully saturated rings. The minimum Gasteiger partial charge on any atom is -0.474 e. The number of carbonyl (C=O) groups excluding carboxylic acids is 1. The molecule has 1 saturated carbocycles. The van der Waals surface area contributed by atoms with Crippen molar-refractivity contribution >= 4 is 38.0 Å². The van der Waals surface area contributed by atoms with E-state index in [1.807, 2.05) is 0 Å². The van der Waals surface area contributed by atoms with Crippen molar-refractivity contribution < 1.29 is 17.9 Å². The van der Waals surface area contributed by atoms with Crippen molar-refractivity contribution in [1.29, 1.82) is 0 Å². The van der Waals surface area contributed by atoms with Crippen LogP contribution in [-0.4, -0.2) is 41.8 Å². The average Bonchev–Trinajstić information content (AvgIpc) is 2.39. The summed E-state index contributed by atoms with van der Waals surface area (Å²) in [7, 11) is -3.03. The minimum atomic E-state index is -3.03. The number of sulfone groups is 1. The van der Waals surface area contributed by atoms with E-state index < -0.39 is 9.84 Å². The lowest BCUT2D eigenvalue weighted by molar-refractivity contribution is 0.101. The number of fused-ring (bicyclic) bond motifs is 1. The lowest BCUT2D eigenvalue weighted by atomic mass is 9.95. The largest absolute Gasteiger partial charge is 0.474 e. The summed E-state index contributed by atoms with van der Waals surface area (Å²) in [5.74, 6) is 0.211. The smallest absolute Gasteiger partial charge is 0.223 e. The molecule has 1 aliphatic carbocycles. The monoisotopic (exact) mass is 354 g/mol. The number of carbonyl (C=O) groups is 1. The molecule has 23 heavy (non-hydrogen) atoms. The average molecular weight is 355 g/mol. The number of hydrogen-bond acceptors (Lipinski definition) is 6. The van der Waals surface area contributed by atoms with Gasteiger partial charge in [0.1, 0.15) is 11.3 Å². The molecule has 0 radical (unpaired) electrons. The van der Waals surface area contributed by atoms with E-state index in [2.05, 4.69) is 9.97 Å². The number of ether oxygens (including phenoxy) is 1. The third-order valence-corrected chi connectivity index (χ3v) is 5.82. The van der Waals surface area contributed by atoms with Crippen LogP contribution in [0.2, 0.25) is 5.15 Å². The third-order valence-electron chi connectivity index (χ3n) is 4.02. The van der Waals surface area contributed by atoms with Crippen molar-refractivity contribution in [2.75, 3.05) is 6.26 Å². The highest BCUT2D eigenvalue weighted by Crippen LogP contribution is 2.34. The molecule has 0 N–H and O–H groups in total. The van der Waals surface area contributed by atoms with Crippen LogP contribution < -0.4 is 4.74 Å². The third kappa shape index (κ3) is 3.16. The summed E-state index contributed by atoms with van der Waals surface area (Å²) in [5, 5.41) is 1.13. The van der Waals surface area contributed by atoms with Gasteiger partial charge in [-0.05, 0) is 13.0 Å². The number of ketones is 1. The molecule has 3 rings (SSSR count). The Balaban J connectivity index is 1.91. The predicted molar refractivity (Wildman–Crippen MR) is 86.8 cm³/mol. The molecule has 0 unspecified atom stereocenters. The van der Waals surface area contributed by atoms with Gasteiger partial charge < -0.3 is 4.74 Å². The molecule has 2 aromatic rings. The first-order chi connectivity index (χ1) is 10.8. The lowest BCUT2D eigenvalue weighted by Crippen LogP contribution is -2.42. The maximum atomic E-state index is 11.7. The highest BCUT2D eigenvalue weighted by Gasteiger charge is 2.38. The van der Waals surface area contributed by atoms with E-state index in [9.17, 15) is 13.2 Å². The molecule has 8 heteroatoms. The molecule has 0 aromatic carbocycles. The summed E-state index contributed by atoms with van der Waals surface area (Å²) in [4.78, 5) is 19.9. The molecule has 2 aromatic heterocycles. The van der Waals surface area contributed by atoms with Crippen LogP contribution in [-0.2, 0) is 9.84 Å². The second-order valence-electron chi connectivity index (χ2n) is 5.75. The van der Waals surface area contributed by atoms with Gasteiger partial charge in [0.2, 0.25) is 5.88 Å². The van der Waals surface area contributed by atoms with E-state index >= 15 is 0 Å². The van der Waals surface area contributed by atoms with Crippen molar-refractivity contribution in [2.24, 2.45) is 0 Å². The molecule has 0 aliphatic heterocycles. The summed E-state index contributed by atoms with van der Waals surface area (Å²) >= 11 is 5.91. The number of pyridine rings is 2. The SMILES string of the molecule is CC(=O)c1cnc(OC2CC(S(C)(=O)=O)C2)c2cnc(Cl)cc12. The Morgan fingerprint density at radius 3 is 2.57 bits per heavy atom. The number of aromatic nitrogens is 2. The normalized spacial score (nSPS) is 21.0. The van der Waals surface area contributed by atoms with E-state index in [0.29, 0.717) is 35.1 Å². The number of halogens is 1. The lowest BCUT2D eigenvalue weighted by Gasteiger charge is -2.33. The van der Waals surface area contributed by atoms with Crippen molar-refractivity contribution in [3.8, 4) is 5.88 Å². The molecule has 1 aliphatic rings. The van der Waals surface area contributed by atoms with Crippen LogP contribution in [0.25, 0.3) is 10.8 Å². The first kappa shape index (κ1) is 16.1. The van der Waals surface area contributed by atoms with Gasteiger partial charge in [-0.2, -0.15) is 0 Å². The fourth-order valence-corrected chi connectivity index (χ4v) is 3.87. The maximum Gasteiger partial charge on any atom is 0.223 e. The molecule has 0 saturated heterocycles. The molecule has 0 bridgehead atoms. The van der Waals surface area contributed by atoms with E-state index in [0.717, 1.165) is 0 Å². The van der Waals surface area contributed by atoms with Gasteiger partial charge in [0.05, 0.1) is 10.6 Å². The van der Waals surface area contributed by atoms with Crippen LogP contribution in [0.1, 0.15) is 30.1 Å². The zero-order valence-corrected chi connectivity index (χ0v) is 14.2. The number of rotatable bonds is 4. The number of hydrogen-bond donors (Lipinski definition) is 0. The van der Waals surface area contributed by atoms with Gasteiger partial charge in [0.15, 0.2) is 15.6 Å². The van der Waals surface area contributed by atoms with Crippen molar-refractivity contribution in [1.82, 2.24) is 9.97 Å². The Morgan fingerprint density at radius 1 is 1.26 bits per heavy atom. The summed E-state index contributed by atoms with van der Waals surface area (Å²) in [6, 6.07) is 1.60. The van der Waals surface area contributed by atoms with Crippen molar-refractivity contribution in [2.45, 2.75) is 31.1 Å². The second kappa shape index (κ2) is 5.72. The van der Waals surface area contributed by atoms with Gasteiger partial charge in [-0.1, -0.05) is 11.6 Å². The number of Topliss-reactive ketones (excluding diaryl/α,β-unsaturated/α-hetero) is 1. The summed E-state index contributed by atoms with van der Waals surface area (Å²) < 4.78 is 28.7. The Hall–Kier alpha value is -1.73. The molecular formula is C15H15ClN2O4S. The molecule has 122 valence electrons. The minimum absolute atomic E-state index is 0.128. The summed E-state index contributed by atoms with van der Waals surface area (Å²) in [5.41, 5.74) is 0.444. The van der Waals surface area contributed by atoms with Crippen LogP contribution in [0.3, 0.4) is 0 Å². The van der Waals surface area contributed by atoms with E-state index in [4.69, 9.17) is 16.3 Å². The zero-order valence-electron chi connectivity index (χ0n) is 12.6. The Labute approximate surface area is 138 Å². The van der Waals surface area contributed by atoms with E-state index in [1.165, 1.54) is 25.6 Å². The van der Waals surface area contributed by atoms with Gasteiger partial charge in [0, 0.05) is 42.4 Å². The fraction of sp³-hybridized carbons (Fsp3) is 0.400. The first-order valence-electron chi connectivity index (χ1n) is 7.06. The Kier molecular flexibility index (Phi) is 4.01. The molecule has 2 heterocycles. The molecule has 0 atom stereocenters. The molecular weight excluding hydrogens is 340 g/mol. The fourth-order valence-electron chi connectivity index (χ4n) is 2.58. The quantitative estimate of drug-likeness (QED) is 0.619. The molecule has 0 amide bonds. The van der Waals surface area contributed by atoms with Gasteiger partial charge in [-0.25, -0.2) is 18.4 Å². The molecule has 0 spiro atoms. The van der Waals surface area contributed by atoms with Crippen molar-refractivity contribution in [3.05, 3.63) is 29.2 Å². The maximum absolute atomic E-state index is 11.7. The van der Waals surface area contributed by atoms with Crippen LogP contribution in [0.4, 0.5) is 0 Å². The van der Waals surface area contributed by atoms with E-state index in [1.54, 1.807) is 6.07 Å². The zero-order chi connectivity index (χ0) is 16.8. The Bertz CT molecular complexity index is 892. The number of nitrogens with zero attached hydrogens (tertiary/aromatic N) is 2. The van der Waals surface area contributed by atoms with E-state index in [-0.39, 0.29) is 22.3 Å².